The molecule has 4 aromatic carbocycles. The third-order valence-corrected chi connectivity index (χ3v) is 5.87. The van der Waals surface area contributed by atoms with Crippen molar-refractivity contribution < 1.29 is 55.4 Å². The van der Waals surface area contributed by atoms with Crippen molar-refractivity contribution in [2.24, 2.45) is 0 Å². The van der Waals surface area contributed by atoms with Gasteiger partial charge < -0.3 is 20.3 Å². The summed E-state index contributed by atoms with van der Waals surface area (Å²) in [6, 6.07) is 21.4. The lowest BCUT2D eigenvalue weighted by molar-refractivity contribution is -0.207. The highest BCUT2D eigenvalue weighted by Gasteiger charge is 2.39. The fraction of sp³-hybridized carbons (Fsp3) is 0.143. The molecule has 0 heterocycles. The van der Waals surface area contributed by atoms with Gasteiger partial charge in [0.1, 0.15) is 11.6 Å². The predicted octanol–water partition coefficient (Wildman–Crippen LogP) is 6.64. The first kappa shape index (κ1) is 34.9. The Bertz CT molecular complexity index is 1400. The summed E-state index contributed by atoms with van der Waals surface area (Å²) in [5, 5.41) is 35.0. The van der Waals surface area contributed by atoms with Crippen molar-refractivity contribution in [3.05, 3.63) is 124 Å². The number of alkyl halides is 6. The molecule has 0 radical (unpaired) electrons. The van der Waals surface area contributed by atoms with Gasteiger partial charge in [-0.2, -0.15) is 26.3 Å². The maximum Gasteiger partial charge on any atom is 0.488 e. The van der Waals surface area contributed by atoms with Crippen molar-refractivity contribution in [2.45, 2.75) is 24.6 Å². The lowest BCUT2D eigenvalue weighted by atomic mass is 9.80. The van der Waals surface area contributed by atoms with Crippen LogP contribution in [0.4, 0.5) is 35.1 Å². The summed E-state index contributed by atoms with van der Waals surface area (Å²) in [5.74, 6) is -0.887. The van der Waals surface area contributed by atoms with Crippen LogP contribution in [0.15, 0.2) is 102 Å². The normalized spacial score (nSPS) is 12.7. The largest absolute Gasteiger partial charge is 0.488 e. The summed E-state index contributed by atoms with van der Waals surface area (Å²) in [6.07, 6.45) is -14.2. The summed E-state index contributed by atoms with van der Waals surface area (Å²) in [5.41, 5.74) is 0.911. The molecule has 2 atom stereocenters. The van der Waals surface area contributed by atoms with Crippen molar-refractivity contribution in [3.8, 4) is 11.1 Å². The van der Waals surface area contributed by atoms with E-state index in [4.69, 9.17) is 20.3 Å². The van der Waals surface area contributed by atoms with Crippen molar-refractivity contribution in [3.63, 3.8) is 0 Å². The molecule has 0 unspecified atom stereocenters. The Hall–Kier alpha value is -3.30. The van der Waals surface area contributed by atoms with Gasteiger partial charge in [0.25, 0.3) is 0 Å². The molecule has 4 rings (SSSR count). The standard InChI is InChI=1S/C14H10F4O.C8H6BrF3O.C6H6BFO2/c15-12-3-1-2-11(8-12)9-4-6-10(7-5-9)13(19)14(16,17)18;9-6-3-1-5(2-4-6)7(13)8(10,11)12;8-6-3-1-2-5(4-6)7(9)10/h1-8,13,19H;1-4,7,13H;1-4,9-10H/t13-;7-;/m11./s1. The Morgan fingerprint density at radius 1 is 0.571 bits per heavy atom. The van der Waals surface area contributed by atoms with Gasteiger partial charge in [-0.25, -0.2) is 8.78 Å². The molecule has 0 bridgehead atoms. The molecule has 0 aliphatic rings. The minimum absolute atomic E-state index is 0.157. The molecule has 0 saturated carbocycles. The third kappa shape index (κ3) is 11.2. The first-order valence-corrected chi connectivity index (χ1v) is 12.5. The van der Waals surface area contributed by atoms with Gasteiger partial charge in [0.05, 0.1) is 0 Å². The van der Waals surface area contributed by atoms with E-state index >= 15 is 0 Å². The van der Waals surface area contributed by atoms with Crippen LogP contribution in [0.2, 0.25) is 0 Å². The molecule has 224 valence electrons. The number of rotatable bonds is 4. The first-order valence-electron chi connectivity index (χ1n) is 11.7. The number of aliphatic hydroxyl groups is 2. The molecule has 42 heavy (non-hydrogen) atoms. The van der Waals surface area contributed by atoms with Crippen LogP contribution in [0.25, 0.3) is 11.1 Å². The molecule has 0 aliphatic heterocycles. The highest BCUT2D eigenvalue weighted by atomic mass is 79.9. The maximum atomic E-state index is 13.0. The average molecular weight is 665 g/mol. The SMILES string of the molecule is OB(O)c1cccc(F)c1.O[C@H](c1ccc(-c2cccc(F)c2)cc1)C(F)(F)F.O[C@H](c1ccc(Br)cc1)C(F)(F)F. The monoisotopic (exact) mass is 664 g/mol. The summed E-state index contributed by atoms with van der Waals surface area (Å²) in [6.45, 7) is 0. The summed E-state index contributed by atoms with van der Waals surface area (Å²) in [4.78, 5) is 0. The van der Waals surface area contributed by atoms with E-state index in [0.717, 1.165) is 6.07 Å². The number of benzene rings is 4. The van der Waals surface area contributed by atoms with Gasteiger partial charge in [0, 0.05) is 4.47 Å². The van der Waals surface area contributed by atoms with E-state index in [-0.39, 0.29) is 16.6 Å². The molecule has 4 nitrogen and oxygen atoms in total. The van der Waals surface area contributed by atoms with E-state index in [9.17, 15) is 35.1 Å². The van der Waals surface area contributed by atoms with Gasteiger partial charge in [-0.3, -0.25) is 0 Å². The molecule has 0 saturated heterocycles. The Morgan fingerprint density at radius 2 is 1.00 bits per heavy atom. The second kappa shape index (κ2) is 15.3. The molecule has 0 aromatic heterocycles. The molecule has 0 fully saturated rings. The number of hydrogen-bond acceptors (Lipinski definition) is 4. The molecular formula is C28H22BBrF8O4. The van der Waals surface area contributed by atoms with Crippen molar-refractivity contribution in [1.82, 2.24) is 0 Å². The zero-order valence-corrected chi connectivity index (χ0v) is 22.7. The number of hydrogen-bond donors (Lipinski definition) is 4. The van der Waals surface area contributed by atoms with E-state index in [2.05, 4.69) is 15.9 Å². The van der Waals surface area contributed by atoms with E-state index in [1.165, 1.54) is 84.9 Å². The molecular weight excluding hydrogens is 643 g/mol. The minimum atomic E-state index is -4.69. The second-order valence-corrected chi connectivity index (χ2v) is 9.42. The Labute approximate surface area is 243 Å². The fourth-order valence-corrected chi connectivity index (χ4v) is 3.48. The second-order valence-electron chi connectivity index (χ2n) is 8.50. The zero-order valence-electron chi connectivity index (χ0n) is 21.2. The van der Waals surface area contributed by atoms with E-state index < -0.39 is 43.3 Å². The predicted molar refractivity (Wildman–Crippen MR) is 144 cm³/mol. The van der Waals surface area contributed by atoms with Crippen LogP contribution in [-0.2, 0) is 0 Å². The Morgan fingerprint density at radius 3 is 1.38 bits per heavy atom. The Balaban J connectivity index is 0.000000234. The van der Waals surface area contributed by atoms with Gasteiger partial charge >= 0.3 is 19.5 Å². The summed E-state index contributed by atoms with van der Waals surface area (Å²) < 4.78 is 98.9. The highest BCUT2D eigenvalue weighted by molar-refractivity contribution is 9.10. The molecule has 14 heteroatoms. The van der Waals surface area contributed by atoms with E-state index in [1.807, 2.05) is 0 Å². The molecule has 0 spiro atoms. The van der Waals surface area contributed by atoms with Gasteiger partial charge in [0.2, 0.25) is 0 Å². The van der Waals surface area contributed by atoms with Crippen LogP contribution in [0, 0.1) is 11.6 Å². The molecule has 4 aromatic rings. The van der Waals surface area contributed by atoms with Crippen LogP contribution in [0.5, 0.6) is 0 Å². The van der Waals surface area contributed by atoms with Crippen molar-refractivity contribution >= 4 is 28.5 Å². The number of halogens is 9. The number of aliphatic hydroxyl groups excluding tert-OH is 2. The van der Waals surface area contributed by atoms with Crippen molar-refractivity contribution in [2.75, 3.05) is 0 Å². The lowest BCUT2D eigenvalue weighted by Crippen LogP contribution is -2.29. The van der Waals surface area contributed by atoms with Gasteiger partial charge in [-0.05, 0) is 64.1 Å². The summed E-state index contributed by atoms with van der Waals surface area (Å²) in [7, 11) is -1.59. The van der Waals surface area contributed by atoms with Crippen LogP contribution in [-0.4, -0.2) is 39.7 Å². The van der Waals surface area contributed by atoms with Crippen LogP contribution in [0.1, 0.15) is 23.3 Å². The quantitative estimate of drug-likeness (QED) is 0.146. The lowest BCUT2D eigenvalue weighted by Gasteiger charge is -2.15. The van der Waals surface area contributed by atoms with E-state index in [1.54, 1.807) is 6.07 Å². The van der Waals surface area contributed by atoms with Gasteiger partial charge in [0.15, 0.2) is 12.2 Å². The zero-order chi connectivity index (χ0) is 31.7. The maximum absolute atomic E-state index is 13.0. The van der Waals surface area contributed by atoms with Gasteiger partial charge in [-0.15, -0.1) is 0 Å². The van der Waals surface area contributed by atoms with Crippen molar-refractivity contribution in [1.29, 1.82) is 0 Å². The summed E-state index contributed by atoms with van der Waals surface area (Å²) >= 11 is 3.08. The topological polar surface area (TPSA) is 80.9 Å². The third-order valence-electron chi connectivity index (χ3n) is 5.34. The van der Waals surface area contributed by atoms with E-state index in [0.29, 0.717) is 15.6 Å². The van der Waals surface area contributed by atoms with Gasteiger partial charge in [-0.1, -0.05) is 76.6 Å². The van der Waals surface area contributed by atoms with Crippen LogP contribution in [0.3, 0.4) is 0 Å². The Kier molecular flexibility index (Phi) is 12.7. The average Bonchev–Trinajstić information content (AvgIpc) is 2.92. The molecule has 4 N–H and O–H groups in total. The molecule has 0 amide bonds. The van der Waals surface area contributed by atoms with Crippen LogP contribution >= 0.6 is 15.9 Å². The molecule has 0 aliphatic carbocycles. The smallest absolute Gasteiger partial charge is 0.423 e. The fourth-order valence-electron chi connectivity index (χ4n) is 3.22. The van der Waals surface area contributed by atoms with Crippen LogP contribution < -0.4 is 5.46 Å². The minimum Gasteiger partial charge on any atom is -0.423 e. The highest BCUT2D eigenvalue weighted by Crippen LogP contribution is 2.34. The first-order chi connectivity index (χ1) is 19.5.